The third kappa shape index (κ3) is 3.25. The number of phenols is 1. The highest BCUT2D eigenvalue weighted by molar-refractivity contribution is 5.99. The molecular weight excluding hydrogens is 304 g/mol. The number of hydrogen-bond donors (Lipinski definition) is 1. The van der Waals surface area contributed by atoms with Gasteiger partial charge in [-0.1, -0.05) is 26.0 Å². The first kappa shape index (κ1) is 16.8. The van der Waals surface area contributed by atoms with Gasteiger partial charge in [-0.05, 0) is 43.2 Å². The molecule has 2 aliphatic heterocycles. The number of carbonyl (C=O) groups is 2. The van der Waals surface area contributed by atoms with Gasteiger partial charge in [0.1, 0.15) is 11.8 Å². The van der Waals surface area contributed by atoms with Gasteiger partial charge < -0.3 is 14.9 Å². The van der Waals surface area contributed by atoms with Gasteiger partial charge in [0.15, 0.2) is 0 Å². The van der Waals surface area contributed by atoms with Crippen LogP contribution in [0.1, 0.15) is 43.5 Å². The van der Waals surface area contributed by atoms with Gasteiger partial charge >= 0.3 is 0 Å². The van der Waals surface area contributed by atoms with Crippen molar-refractivity contribution < 1.29 is 14.7 Å². The van der Waals surface area contributed by atoms with Gasteiger partial charge in [0, 0.05) is 19.6 Å². The summed E-state index contributed by atoms with van der Waals surface area (Å²) < 4.78 is 0. The lowest BCUT2D eigenvalue weighted by molar-refractivity contribution is -0.138. The van der Waals surface area contributed by atoms with Crippen LogP contribution in [0.15, 0.2) is 24.3 Å². The van der Waals surface area contributed by atoms with E-state index in [1.165, 1.54) is 6.07 Å². The molecule has 1 aromatic rings. The molecule has 3 rings (SSSR count). The number of nitrogens with zero attached hydrogens (tertiary/aromatic N) is 2. The monoisotopic (exact) mass is 330 g/mol. The number of hydrogen-bond acceptors (Lipinski definition) is 3. The lowest BCUT2D eigenvalue weighted by Crippen LogP contribution is -2.51. The predicted octanol–water partition coefficient (Wildman–Crippen LogP) is 2.50. The average molecular weight is 330 g/mol. The van der Waals surface area contributed by atoms with Crippen molar-refractivity contribution in [3.63, 3.8) is 0 Å². The van der Waals surface area contributed by atoms with Crippen LogP contribution in [0, 0.1) is 11.8 Å². The van der Waals surface area contributed by atoms with Crippen molar-refractivity contribution in [3.8, 4) is 5.75 Å². The van der Waals surface area contributed by atoms with E-state index in [1.54, 1.807) is 23.1 Å². The molecule has 1 N–H and O–H groups in total. The third-order valence-electron chi connectivity index (χ3n) is 5.11. The van der Waals surface area contributed by atoms with Crippen LogP contribution in [0.3, 0.4) is 0 Å². The number of piperidine rings is 1. The van der Waals surface area contributed by atoms with Crippen LogP contribution in [-0.4, -0.2) is 52.4 Å². The van der Waals surface area contributed by atoms with E-state index in [0.717, 1.165) is 25.9 Å². The number of para-hydroxylation sites is 1. The van der Waals surface area contributed by atoms with E-state index in [4.69, 9.17) is 0 Å². The molecule has 0 saturated carbocycles. The van der Waals surface area contributed by atoms with Crippen LogP contribution >= 0.6 is 0 Å². The predicted molar refractivity (Wildman–Crippen MR) is 91.7 cm³/mol. The van der Waals surface area contributed by atoms with Crippen LogP contribution in [-0.2, 0) is 4.79 Å². The molecule has 5 heteroatoms. The second-order valence-corrected chi connectivity index (χ2v) is 7.36. The summed E-state index contributed by atoms with van der Waals surface area (Å²) in [7, 11) is 0. The van der Waals surface area contributed by atoms with Crippen LogP contribution in [0.25, 0.3) is 0 Å². The number of carbonyl (C=O) groups excluding carboxylic acids is 2. The Balaban J connectivity index is 1.77. The third-order valence-corrected chi connectivity index (χ3v) is 5.11. The Morgan fingerprint density at radius 3 is 2.46 bits per heavy atom. The largest absolute Gasteiger partial charge is 0.507 e. The fourth-order valence-electron chi connectivity index (χ4n) is 4.13. The topological polar surface area (TPSA) is 60.9 Å². The fourth-order valence-corrected chi connectivity index (χ4v) is 4.13. The summed E-state index contributed by atoms with van der Waals surface area (Å²) in [5.74, 6) is 0.792. The molecule has 3 atom stereocenters. The molecule has 24 heavy (non-hydrogen) atoms. The van der Waals surface area contributed by atoms with E-state index in [0.29, 0.717) is 24.8 Å². The number of amides is 2. The Morgan fingerprint density at radius 1 is 1.12 bits per heavy atom. The highest BCUT2D eigenvalue weighted by Crippen LogP contribution is 2.28. The molecule has 0 unspecified atom stereocenters. The zero-order chi connectivity index (χ0) is 17.3. The summed E-state index contributed by atoms with van der Waals surface area (Å²) >= 11 is 0. The Hall–Kier alpha value is -2.04. The fraction of sp³-hybridized carbons (Fsp3) is 0.579. The van der Waals surface area contributed by atoms with Crippen molar-refractivity contribution in [1.82, 2.24) is 9.80 Å². The van der Waals surface area contributed by atoms with Gasteiger partial charge in [-0.3, -0.25) is 9.59 Å². The van der Waals surface area contributed by atoms with Crippen molar-refractivity contribution in [2.45, 2.75) is 39.2 Å². The van der Waals surface area contributed by atoms with Crippen molar-refractivity contribution in [2.75, 3.05) is 19.6 Å². The summed E-state index contributed by atoms with van der Waals surface area (Å²) in [5.41, 5.74) is 0.276. The molecule has 2 heterocycles. The molecule has 130 valence electrons. The van der Waals surface area contributed by atoms with Gasteiger partial charge in [-0.25, -0.2) is 0 Å². The first-order valence-corrected chi connectivity index (χ1v) is 8.85. The summed E-state index contributed by atoms with van der Waals surface area (Å²) in [6.07, 6.45) is 2.68. The Bertz CT molecular complexity index is 621. The van der Waals surface area contributed by atoms with Crippen molar-refractivity contribution in [3.05, 3.63) is 29.8 Å². The highest BCUT2D eigenvalue weighted by Gasteiger charge is 2.39. The smallest absolute Gasteiger partial charge is 0.258 e. The van der Waals surface area contributed by atoms with E-state index < -0.39 is 6.04 Å². The van der Waals surface area contributed by atoms with Gasteiger partial charge in [-0.2, -0.15) is 0 Å². The number of rotatable bonds is 2. The van der Waals surface area contributed by atoms with E-state index in [9.17, 15) is 14.7 Å². The van der Waals surface area contributed by atoms with Crippen molar-refractivity contribution in [2.24, 2.45) is 11.8 Å². The van der Waals surface area contributed by atoms with E-state index in [2.05, 4.69) is 13.8 Å². The van der Waals surface area contributed by atoms with E-state index >= 15 is 0 Å². The van der Waals surface area contributed by atoms with Gasteiger partial charge in [0.2, 0.25) is 5.91 Å². The average Bonchev–Trinajstić information content (AvgIpc) is 3.02. The SMILES string of the molecule is C[C@@H]1C[C@@H](C)CN(C(=O)[C@@H]2CCCN2C(=O)c2ccccc2O)C1. The molecule has 0 aromatic heterocycles. The highest BCUT2D eigenvalue weighted by atomic mass is 16.3. The number of phenolic OH excluding ortho intramolecular Hbond substituents is 1. The normalized spacial score (nSPS) is 27.3. The maximum absolute atomic E-state index is 13.0. The minimum atomic E-state index is -0.394. The minimum Gasteiger partial charge on any atom is -0.507 e. The zero-order valence-corrected chi connectivity index (χ0v) is 14.4. The van der Waals surface area contributed by atoms with Gasteiger partial charge in [0.05, 0.1) is 5.56 Å². The second-order valence-electron chi connectivity index (χ2n) is 7.36. The summed E-state index contributed by atoms with van der Waals surface area (Å²) in [5, 5.41) is 9.94. The molecule has 0 aliphatic carbocycles. The lowest BCUT2D eigenvalue weighted by atomic mass is 9.91. The molecule has 2 aliphatic rings. The second kappa shape index (κ2) is 6.83. The van der Waals surface area contributed by atoms with Crippen LogP contribution in [0.2, 0.25) is 0 Å². The molecule has 0 radical (unpaired) electrons. The van der Waals surface area contributed by atoms with Crippen LogP contribution in [0.5, 0.6) is 5.75 Å². The molecule has 0 spiro atoms. The van der Waals surface area contributed by atoms with E-state index in [1.807, 2.05) is 4.90 Å². The summed E-state index contributed by atoms with van der Waals surface area (Å²) in [6.45, 7) is 6.48. The minimum absolute atomic E-state index is 0.0270. The van der Waals surface area contributed by atoms with Crippen LogP contribution in [0.4, 0.5) is 0 Å². The zero-order valence-electron chi connectivity index (χ0n) is 14.4. The molecule has 5 nitrogen and oxygen atoms in total. The molecule has 1 aromatic carbocycles. The maximum atomic E-state index is 13.0. The van der Waals surface area contributed by atoms with Gasteiger partial charge in [-0.15, -0.1) is 0 Å². The number of aromatic hydroxyl groups is 1. The number of likely N-dealkylation sites (tertiary alicyclic amines) is 2. The number of benzene rings is 1. The summed E-state index contributed by atoms with van der Waals surface area (Å²) in [6, 6.07) is 6.15. The van der Waals surface area contributed by atoms with Gasteiger partial charge in [0.25, 0.3) is 5.91 Å². The van der Waals surface area contributed by atoms with Crippen molar-refractivity contribution in [1.29, 1.82) is 0 Å². The van der Waals surface area contributed by atoms with Crippen LogP contribution < -0.4 is 0 Å². The maximum Gasteiger partial charge on any atom is 0.258 e. The molecular formula is C19H26N2O3. The Kier molecular flexibility index (Phi) is 4.78. The molecule has 2 amide bonds. The van der Waals surface area contributed by atoms with E-state index in [-0.39, 0.29) is 23.1 Å². The quantitative estimate of drug-likeness (QED) is 0.906. The molecule has 2 saturated heterocycles. The summed E-state index contributed by atoms with van der Waals surface area (Å²) in [4.78, 5) is 29.4. The first-order chi connectivity index (χ1) is 11.5. The van der Waals surface area contributed by atoms with Crippen molar-refractivity contribution >= 4 is 11.8 Å². The Labute approximate surface area is 143 Å². The Morgan fingerprint density at radius 2 is 1.79 bits per heavy atom. The lowest BCUT2D eigenvalue weighted by Gasteiger charge is -2.38. The standard InChI is InChI=1S/C19H26N2O3/c1-13-10-14(2)12-20(11-13)19(24)16-7-5-9-21(16)18(23)15-6-3-4-8-17(15)22/h3-4,6,8,13-14,16,22H,5,7,9-12H2,1-2H3/t13-,14-,16+/m1/s1. The molecule has 0 bridgehead atoms. The first-order valence-electron chi connectivity index (χ1n) is 8.85. The molecule has 2 fully saturated rings.